The zero-order chi connectivity index (χ0) is 18.3. The number of rotatable bonds is 7. The summed E-state index contributed by atoms with van der Waals surface area (Å²) in [6.45, 7) is 5.43. The smallest absolute Gasteiger partial charge is 0.408 e. The predicted octanol–water partition coefficient (Wildman–Crippen LogP) is 1.15. The van der Waals surface area contributed by atoms with E-state index < -0.39 is 23.7 Å². The first-order chi connectivity index (χ1) is 11.1. The summed E-state index contributed by atoms with van der Waals surface area (Å²) < 4.78 is 9.79. The van der Waals surface area contributed by atoms with Gasteiger partial charge in [-0.3, -0.25) is 14.5 Å². The van der Waals surface area contributed by atoms with E-state index in [4.69, 9.17) is 4.74 Å². The number of carbonyl (C=O) groups excluding carboxylic acids is 4. The lowest BCUT2D eigenvalue weighted by atomic mass is 10.1. The van der Waals surface area contributed by atoms with Crippen LogP contribution in [0.25, 0.3) is 0 Å². The van der Waals surface area contributed by atoms with Crippen molar-refractivity contribution < 1.29 is 28.7 Å². The minimum absolute atomic E-state index is 0.269. The first-order valence-electron chi connectivity index (χ1n) is 7.75. The van der Waals surface area contributed by atoms with Gasteiger partial charge in [-0.05, 0) is 40.0 Å². The van der Waals surface area contributed by atoms with Crippen LogP contribution in [0.5, 0.6) is 0 Å². The number of nitrogens with zero attached hydrogens (tertiary/aromatic N) is 1. The second-order valence-corrected chi connectivity index (χ2v) is 6.38. The van der Waals surface area contributed by atoms with Gasteiger partial charge in [0.2, 0.25) is 0 Å². The summed E-state index contributed by atoms with van der Waals surface area (Å²) in [5, 5.41) is 2.47. The molecule has 0 unspecified atom stereocenters. The van der Waals surface area contributed by atoms with Crippen molar-refractivity contribution >= 4 is 23.9 Å². The maximum Gasteiger partial charge on any atom is 0.408 e. The zero-order valence-corrected chi connectivity index (χ0v) is 14.5. The van der Waals surface area contributed by atoms with Crippen LogP contribution in [-0.4, -0.2) is 54.1 Å². The summed E-state index contributed by atoms with van der Waals surface area (Å²) in [5.41, 5.74) is -0.672. The SMILES string of the molecule is COC(=O)[C@H](CCCCN1C(=O)C=CC1=O)NC(=O)OC(C)(C)C. The maximum absolute atomic E-state index is 11.8. The van der Waals surface area contributed by atoms with Crippen molar-refractivity contribution in [3.8, 4) is 0 Å². The molecule has 1 rings (SSSR count). The van der Waals surface area contributed by atoms with Gasteiger partial charge < -0.3 is 14.8 Å². The Bertz CT molecular complexity index is 517. The Hall–Kier alpha value is -2.38. The number of hydrogen-bond acceptors (Lipinski definition) is 6. The Morgan fingerprint density at radius 2 is 1.75 bits per heavy atom. The number of ether oxygens (including phenoxy) is 2. The van der Waals surface area contributed by atoms with Gasteiger partial charge in [0, 0.05) is 18.7 Å². The first kappa shape index (κ1) is 19.7. The van der Waals surface area contributed by atoms with Crippen LogP contribution in [0, 0.1) is 0 Å². The van der Waals surface area contributed by atoms with E-state index >= 15 is 0 Å². The molecule has 0 aromatic heterocycles. The molecule has 1 heterocycles. The number of nitrogens with one attached hydrogen (secondary N) is 1. The van der Waals surface area contributed by atoms with Gasteiger partial charge >= 0.3 is 12.1 Å². The Kier molecular flexibility index (Phi) is 6.94. The average Bonchev–Trinajstić information content (AvgIpc) is 2.79. The zero-order valence-electron chi connectivity index (χ0n) is 14.5. The third-order valence-electron chi connectivity index (χ3n) is 3.20. The Balaban J connectivity index is 2.43. The quantitative estimate of drug-likeness (QED) is 0.424. The highest BCUT2D eigenvalue weighted by Crippen LogP contribution is 2.10. The number of unbranched alkanes of at least 4 members (excludes halogenated alkanes) is 1. The van der Waals surface area contributed by atoms with E-state index in [0.717, 1.165) is 4.90 Å². The molecular weight excluding hydrogens is 316 g/mol. The lowest BCUT2D eigenvalue weighted by Crippen LogP contribution is -2.44. The molecule has 1 atom stereocenters. The molecule has 1 N–H and O–H groups in total. The molecule has 134 valence electrons. The van der Waals surface area contributed by atoms with Crippen molar-refractivity contribution in [1.82, 2.24) is 10.2 Å². The van der Waals surface area contributed by atoms with Crippen LogP contribution in [0.2, 0.25) is 0 Å². The summed E-state index contributed by atoms with van der Waals surface area (Å²) >= 11 is 0. The van der Waals surface area contributed by atoms with E-state index in [-0.39, 0.29) is 18.4 Å². The molecule has 0 aromatic rings. The molecule has 0 fully saturated rings. The molecular formula is C16H24N2O6. The highest BCUT2D eigenvalue weighted by Gasteiger charge is 2.26. The lowest BCUT2D eigenvalue weighted by molar-refractivity contribution is -0.143. The number of imide groups is 1. The molecule has 0 saturated carbocycles. The standard InChI is InChI=1S/C16H24N2O6/c1-16(2,3)24-15(22)17-11(14(21)23-4)7-5-6-10-18-12(19)8-9-13(18)20/h8-9,11H,5-7,10H2,1-4H3,(H,17,22)/t11-/m0/s1. The number of esters is 1. The van der Waals surface area contributed by atoms with Gasteiger partial charge in [0.05, 0.1) is 7.11 Å². The van der Waals surface area contributed by atoms with E-state index in [2.05, 4.69) is 10.1 Å². The van der Waals surface area contributed by atoms with Crippen LogP contribution in [0.1, 0.15) is 40.0 Å². The molecule has 8 nitrogen and oxygen atoms in total. The topological polar surface area (TPSA) is 102 Å². The molecule has 8 heteroatoms. The third-order valence-corrected chi connectivity index (χ3v) is 3.20. The minimum Gasteiger partial charge on any atom is -0.467 e. The van der Waals surface area contributed by atoms with E-state index in [1.165, 1.54) is 19.3 Å². The molecule has 1 aliphatic rings. The molecule has 24 heavy (non-hydrogen) atoms. The monoisotopic (exact) mass is 340 g/mol. The van der Waals surface area contributed by atoms with Crippen molar-refractivity contribution in [2.75, 3.05) is 13.7 Å². The fraction of sp³-hybridized carbons (Fsp3) is 0.625. The number of methoxy groups -OCH3 is 1. The number of amides is 3. The van der Waals surface area contributed by atoms with Gasteiger partial charge in [-0.15, -0.1) is 0 Å². The minimum atomic E-state index is -0.840. The van der Waals surface area contributed by atoms with E-state index in [9.17, 15) is 19.2 Å². The van der Waals surface area contributed by atoms with Crippen LogP contribution in [0.4, 0.5) is 4.79 Å². The molecule has 0 bridgehead atoms. The summed E-state index contributed by atoms with van der Waals surface area (Å²) in [5.74, 6) is -1.25. The number of alkyl carbamates (subject to hydrolysis) is 1. The van der Waals surface area contributed by atoms with Crippen molar-refractivity contribution in [1.29, 1.82) is 0 Å². The van der Waals surface area contributed by atoms with Crippen LogP contribution in [-0.2, 0) is 23.9 Å². The Labute approximate surface area is 141 Å². The van der Waals surface area contributed by atoms with E-state index in [1.54, 1.807) is 20.8 Å². The summed E-state index contributed by atoms with van der Waals surface area (Å²) in [6.07, 6.45) is 3.10. The summed E-state index contributed by atoms with van der Waals surface area (Å²) in [6, 6.07) is -0.840. The fourth-order valence-corrected chi connectivity index (χ4v) is 2.11. The largest absolute Gasteiger partial charge is 0.467 e. The normalized spacial score (nSPS) is 15.4. The summed E-state index contributed by atoms with van der Waals surface area (Å²) in [7, 11) is 1.24. The molecule has 3 amide bonds. The first-order valence-corrected chi connectivity index (χ1v) is 7.75. The van der Waals surface area contributed by atoms with Gasteiger partial charge in [-0.25, -0.2) is 9.59 Å². The highest BCUT2D eigenvalue weighted by atomic mass is 16.6. The van der Waals surface area contributed by atoms with E-state index in [0.29, 0.717) is 19.3 Å². The Morgan fingerprint density at radius 1 is 1.17 bits per heavy atom. The van der Waals surface area contributed by atoms with Crippen molar-refractivity contribution in [2.45, 2.75) is 51.7 Å². The van der Waals surface area contributed by atoms with Gasteiger partial charge in [0.1, 0.15) is 11.6 Å². The van der Waals surface area contributed by atoms with Gasteiger partial charge in [-0.1, -0.05) is 0 Å². The van der Waals surface area contributed by atoms with Crippen LogP contribution < -0.4 is 5.32 Å². The third kappa shape index (κ3) is 6.39. The fourth-order valence-electron chi connectivity index (χ4n) is 2.11. The molecule has 0 aromatic carbocycles. The van der Waals surface area contributed by atoms with Crippen LogP contribution >= 0.6 is 0 Å². The van der Waals surface area contributed by atoms with Crippen molar-refractivity contribution in [2.24, 2.45) is 0 Å². The van der Waals surface area contributed by atoms with Crippen LogP contribution in [0.3, 0.4) is 0 Å². The molecule has 0 aliphatic carbocycles. The molecule has 0 spiro atoms. The summed E-state index contributed by atoms with van der Waals surface area (Å²) in [4.78, 5) is 47.5. The maximum atomic E-state index is 11.8. The van der Waals surface area contributed by atoms with E-state index in [1.807, 2.05) is 0 Å². The second-order valence-electron chi connectivity index (χ2n) is 6.38. The van der Waals surface area contributed by atoms with Crippen molar-refractivity contribution in [3.63, 3.8) is 0 Å². The lowest BCUT2D eigenvalue weighted by Gasteiger charge is -2.22. The van der Waals surface area contributed by atoms with Gasteiger partial charge in [-0.2, -0.15) is 0 Å². The van der Waals surface area contributed by atoms with Gasteiger partial charge in [0.15, 0.2) is 0 Å². The van der Waals surface area contributed by atoms with Gasteiger partial charge in [0.25, 0.3) is 11.8 Å². The molecule has 1 aliphatic heterocycles. The number of hydrogen-bond donors (Lipinski definition) is 1. The highest BCUT2D eigenvalue weighted by molar-refractivity contribution is 6.12. The molecule has 0 radical (unpaired) electrons. The van der Waals surface area contributed by atoms with Crippen molar-refractivity contribution in [3.05, 3.63) is 12.2 Å². The second kappa shape index (κ2) is 8.47. The predicted molar refractivity (Wildman–Crippen MR) is 84.9 cm³/mol. The number of carbonyl (C=O) groups is 4. The average molecular weight is 340 g/mol. The Morgan fingerprint density at radius 3 is 2.25 bits per heavy atom. The molecule has 0 saturated heterocycles. The van der Waals surface area contributed by atoms with Crippen LogP contribution in [0.15, 0.2) is 12.2 Å².